The van der Waals surface area contributed by atoms with Crippen LogP contribution < -0.4 is 21.7 Å². The summed E-state index contributed by atoms with van der Waals surface area (Å²) in [5, 5.41) is 33.5. The monoisotopic (exact) mass is 478 g/mol. The normalized spacial score (nSPS) is 14.5. The maximum atomic E-state index is 12.6. The van der Waals surface area contributed by atoms with Crippen molar-refractivity contribution >= 4 is 48.3 Å². The summed E-state index contributed by atoms with van der Waals surface area (Å²) in [6.45, 7) is 3.52. The number of hydrogen-bond donors (Lipinski definition) is 8. The molecule has 0 aromatic heterocycles. The van der Waals surface area contributed by atoms with Gasteiger partial charge < -0.3 is 37.0 Å². The summed E-state index contributed by atoms with van der Waals surface area (Å²) in [5.74, 6) is -6.79. The van der Waals surface area contributed by atoms with Crippen LogP contribution >= 0.6 is 12.6 Å². The molecule has 3 amide bonds. The van der Waals surface area contributed by atoms with E-state index in [9.17, 15) is 33.9 Å². The molecule has 0 bridgehead atoms. The molecular weight excluding hydrogens is 448 g/mol. The first-order valence-electron chi connectivity index (χ1n) is 9.72. The van der Waals surface area contributed by atoms with Gasteiger partial charge in [-0.3, -0.25) is 24.0 Å². The van der Waals surface area contributed by atoms with Crippen molar-refractivity contribution in [3.63, 3.8) is 0 Å². The van der Waals surface area contributed by atoms with Gasteiger partial charge in [0.1, 0.15) is 18.1 Å². The zero-order valence-corrected chi connectivity index (χ0v) is 18.6. The number of hydrogen-bond acceptors (Lipinski definition) is 8. The van der Waals surface area contributed by atoms with Crippen molar-refractivity contribution in [1.82, 2.24) is 16.0 Å². The molecule has 0 aliphatic heterocycles. The molecule has 14 heteroatoms. The summed E-state index contributed by atoms with van der Waals surface area (Å²) in [7, 11) is 0. The topological polar surface area (TPSA) is 225 Å². The summed E-state index contributed by atoms with van der Waals surface area (Å²) in [4.78, 5) is 69.9. The number of nitrogens with two attached hydrogens (primary N) is 1. The fourth-order valence-corrected chi connectivity index (χ4v) is 2.78. The highest BCUT2D eigenvalue weighted by Gasteiger charge is 2.30. The van der Waals surface area contributed by atoms with E-state index in [2.05, 4.69) is 28.6 Å². The molecule has 8 N–H and O–H groups in total. The summed E-state index contributed by atoms with van der Waals surface area (Å²) in [5.41, 5.74) is 5.46. The minimum Gasteiger partial charge on any atom is -0.481 e. The molecule has 32 heavy (non-hydrogen) atoms. The van der Waals surface area contributed by atoms with E-state index in [1.807, 2.05) is 0 Å². The van der Waals surface area contributed by atoms with Crippen molar-refractivity contribution in [2.24, 2.45) is 11.7 Å². The Balaban J connectivity index is 5.28. The second kappa shape index (κ2) is 14.2. The van der Waals surface area contributed by atoms with Gasteiger partial charge >= 0.3 is 17.9 Å². The fourth-order valence-electron chi connectivity index (χ4n) is 2.53. The fraction of sp³-hybridized carbons (Fsp3) is 0.667. The van der Waals surface area contributed by atoms with Gasteiger partial charge in [0.05, 0.1) is 12.5 Å². The van der Waals surface area contributed by atoms with Gasteiger partial charge in [-0.05, 0) is 18.8 Å². The predicted octanol–water partition coefficient (Wildman–Crippen LogP) is -1.83. The van der Waals surface area contributed by atoms with Crippen molar-refractivity contribution < 1.29 is 44.1 Å². The van der Waals surface area contributed by atoms with E-state index in [0.717, 1.165) is 0 Å². The Morgan fingerprint density at radius 1 is 0.812 bits per heavy atom. The van der Waals surface area contributed by atoms with Crippen LogP contribution in [0.1, 0.15) is 39.5 Å². The first kappa shape index (κ1) is 29.1. The number of aliphatic carboxylic acids is 3. The molecule has 0 aliphatic rings. The predicted molar refractivity (Wildman–Crippen MR) is 114 cm³/mol. The Bertz CT molecular complexity index is 717. The van der Waals surface area contributed by atoms with Crippen LogP contribution in [0.25, 0.3) is 0 Å². The van der Waals surface area contributed by atoms with Gasteiger partial charge in [0.25, 0.3) is 0 Å². The molecule has 0 spiro atoms. The number of carbonyl (C=O) groups excluding carboxylic acids is 3. The zero-order valence-electron chi connectivity index (χ0n) is 17.7. The summed E-state index contributed by atoms with van der Waals surface area (Å²) >= 11 is 3.97. The molecule has 182 valence electrons. The first-order valence-corrected chi connectivity index (χ1v) is 10.4. The second-order valence-electron chi connectivity index (χ2n) is 7.47. The number of carbonyl (C=O) groups is 6. The van der Waals surface area contributed by atoms with Gasteiger partial charge in [-0.2, -0.15) is 12.6 Å². The quantitative estimate of drug-likeness (QED) is 0.123. The molecule has 0 aliphatic carbocycles. The van der Waals surface area contributed by atoms with E-state index in [0.29, 0.717) is 0 Å². The maximum Gasteiger partial charge on any atom is 0.326 e. The third-order valence-electron chi connectivity index (χ3n) is 4.15. The number of amides is 3. The third-order valence-corrected chi connectivity index (χ3v) is 4.51. The third kappa shape index (κ3) is 11.5. The van der Waals surface area contributed by atoms with Crippen LogP contribution in [0.5, 0.6) is 0 Å². The molecule has 0 rings (SSSR count). The molecule has 0 saturated heterocycles. The number of thiol groups is 1. The lowest BCUT2D eigenvalue weighted by Crippen LogP contribution is -2.58. The van der Waals surface area contributed by atoms with E-state index < -0.39 is 72.6 Å². The average molecular weight is 479 g/mol. The highest BCUT2D eigenvalue weighted by atomic mass is 32.1. The van der Waals surface area contributed by atoms with Gasteiger partial charge in [0.2, 0.25) is 17.7 Å². The Hall–Kier alpha value is -2.87. The molecule has 4 unspecified atom stereocenters. The lowest BCUT2D eigenvalue weighted by atomic mass is 10.0. The van der Waals surface area contributed by atoms with Gasteiger partial charge in [-0.1, -0.05) is 13.8 Å². The Labute approximate surface area is 189 Å². The smallest absolute Gasteiger partial charge is 0.326 e. The minimum absolute atomic E-state index is 0.0959. The molecular formula is C18H30N4O9S. The highest BCUT2D eigenvalue weighted by molar-refractivity contribution is 7.80. The van der Waals surface area contributed by atoms with E-state index in [-0.39, 0.29) is 24.5 Å². The SMILES string of the molecule is CC(C)CC(NC(=O)C(CS)NC(=O)C(N)CC(=O)O)C(=O)NC(CCC(=O)O)C(=O)O. The van der Waals surface area contributed by atoms with E-state index in [1.54, 1.807) is 13.8 Å². The van der Waals surface area contributed by atoms with Crippen molar-refractivity contribution in [2.75, 3.05) is 5.75 Å². The van der Waals surface area contributed by atoms with Crippen molar-refractivity contribution in [3.05, 3.63) is 0 Å². The minimum atomic E-state index is -1.47. The highest BCUT2D eigenvalue weighted by Crippen LogP contribution is 2.08. The summed E-state index contributed by atoms with van der Waals surface area (Å²) in [6, 6.07) is -5.29. The maximum absolute atomic E-state index is 12.6. The molecule has 0 aromatic carbocycles. The summed E-state index contributed by atoms with van der Waals surface area (Å²) < 4.78 is 0. The number of nitrogens with one attached hydrogen (secondary N) is 3. The van der Waals surface area contributed by atoms with Crippen LogP contribution in [0.2, 0.25) is 0 Å². The van der Waals surface area contributed by atoms with E-state index >= 15 is 0 Å². The zero-order chi connectivity index (χ0) is 25.0. The van der Waals surface area contributed by atoms with Crippen LogP contribution in [0.3, 0.4) is 0 Å². The molecule has 0 fully saturated rings. The molecule has 0 aromatic rings. The largest absolute Gasteiger partial charge is 0.481 e. The van der Waals surface area contributed by atoms with Crippen LogP contribution in [0.4, 0.5) is 0 Å². The van der Waals surface area contributed by atoms with Crippen LogP contribution in [0.15, 0.2) is 0 Å². The molecule has 0 radical (unpaired) electrons. The second-order valence-corrected chi connectivity index (χ2v) is 7.84. The summed E-state index contributed by atoms with van der Waals surface area (Å²) in [6.07, 6.45) is -1.37. The van der Waals surface area contributed by atoms with Crippen molar-refractivity contribution in [1.29, 1.82) is 0 Å². The average Bonchev–Trinajstić information content (AvgIpc) is 2.66. The molecule has 4 atom stereocenters. The van der Waals surface area contributed by atoms with Gasteiger partial charge in [-0.15, -0.1) is 0 Å². The van der Waals surface area contributed by atoms with Gasteiger partial charge in [0, 0.05) is 12.2 Å². The van der Waals surface area contributed by atoms with E-state index in [1.165, 1.54) is 0 Å². The Morgan fingerprint density at radius 3 is 1.75 bits per heavy atom. The van der Waals surface area contributed by atoms with Crippen molar-refractivity contribution in [3.8, 4) is 0 Å². The van der Waals surface area contributed by atoms with E-state index in [4.69, 9.17) is 15.9 Å². The molecule has 0 heterocycles. The first-order chi connectivity index (χ1) is 14.8. The number of carboxylic acid groups (broad SMARTS) is 3. The van der Waals surface area contributed by atoms with Crippen molar-refractivity contribution in [2.45, 2.75) is 63.7 Å². The Morgan fingerprint density at radius 2 is 1.31 bits per heavy atom. The standard InChI is InChI=1S/C18H30N4O9S/c1-8(2)5-11(16(28)20-10(18(30)31)3-4-13(23)24)21-17(29)12(7-32)22-15(27)9(19)6-14(25)26/h8-12,32H,3-7,19H2,1-2H3,(H,20,28)(H,21,29)(H,22,27)(H,23,24)(H,25,26)(H,30,31). The van der Waals surface area contributed by atoms with Crippen LogP contribution in [0, 0.1) is 5.92 Å². The Kier molecular flexibility index (Phi) is 13.0. The van der Waals surface area contributed by atoms with Crippen LogP contribution in [-0.2, 0) is 28.8 Å². The molecule has 13 nitrogen and oxygen atoms in total. The van der Waals surface area contributed by atoms with Gasteiger partial charge in [0.15, 0.2) is 0 Å². The number of carboxylic acids is 3. The molecule has 0 saturated carbocycles. The lowest BCUT2D eigenvalue weighted by Gasteiger charge is -2.25. The lowest BCUT2D eigenvalue weighted by molar-refractivity contribution is -0.143. The van der Waals surface area contributed by atoms with Crippen LogP contribution in [-0.4, -0.2) is 80.9 Å². The number of rotatable bonds is 15. The van der Waals surface area contributed by atoms with Gasteiger partial charge in [-0.25, -0.2) is 4.79 Å².